The second-order valence-electron chi connectivity index (χ2n) is 3.93. The Balaban J connectivity index is 2.64. The Morgan fingerprint density at radius 2 is 2.15 bits per heavy atom. The molecule has 0 saturated carbocycles. The van der Waals surface area contributed by atoms with Gasteiger partial charge in [0.2, 0.25) is 5.76 Å². The number of nitrogens with zero attached hydrogens (tertiary/aromatic N) is 2. The highest BCUT2D eigenvalue weighted by Crippen LogP contribution is 2.25. The van der Waals surface area contributed by atoms with E-state index < -0.39 is 11.7 Å². The molecule has 0 aliphatic rings. The van der Waals surface area contributed by atoms with Crippen molar-refractivity contribution in [2.24, 2.45) is 0 Å². The van der Waals surface area contributed by atoms with E-state index in [4.69, 9.17) is 4.74 Å². The van der Waals surface area contributed by atoms with Gasteiger partial charge in [-0.1, -0.05) is 18.2 Å². The molecule has 1 aromatic heterocycles. The maximum absolute atomic E-state index is 11.6. The van der Waals surface area contributed by atoms with E-state index in [0.717, 1.165) is 0 Å². The minimum absolute atomic E-state index is 0.123. The van der Waals surface area contributed by atoms with E-state index in [1.54, 1.807) is 31.2 Å². The van der Waals surface area contributed by atoms with Gasteiger partial charge in [0.15, 0.2) is 0 Å². The van der Waals surface area contributed by atoms with Gasteiger partial charge in [0, 0.05) is 17.1 Å². The zero-order chi connectivity index (χ0) is 14.5. The van der Waals surface area contributed by atoms with Crippen LogP contribution in [0.25, 0.3) is 16.5 Å². The van der Waals surface area contributed by atoms with Crippen molar-refractivity contribution in [1.82, 2.24) is 4.98 Å². The first-order chi connectivity index (χ1) is 9.69. The SMILES string of the molecule is CCOC(=O)C(O)=C(C#N)c1ccnc2ccccc12. The highest BCUT2D eigenvalue weighted by Gasteiger charge is 2.18. The van der Waals surface area contributed by atoms with Gasteiger partial charge in [-0.2, -0.15) is 5.26 Å². The molecule has 0 spiro atoms. The predicted octanol–water partition coefficient (Wildman–Crippen LogP) is 2.59. The zero-order valence-electron chi connectivity index (χ0n) is 10.8. The molecule has 0 aliphatic carbocycles. The summed E-state index contributed by atoms with van der Waals surface area (Å²) >= 11 is 0. The van der Waals surface area contributed by atoms with Gasteiger partial charge >= 0.3 is 5.97 Å². The van der Waals surface area contributed by atoms with E-state index in [2.05, 4.69) is 4.98 Å². The van der Waals surface area contributed by atoms with Crippen LogP contribution in [0.2, 0.25) is 0 Å². The topological polar surface area (TPSA) is 83.2 Å². The third-order valence-corrected chi connectivity index (χ3v) is 2.74. The maximum Gasteiger partial charge on any atom is 0.374 e. The van der Waals surface area contributed by atoms with Gasteiger partial charge in [0.05, 0.1) is 12.1 Å². The third-order valence-electron chi connectivity index (χ3n) is 2.74. The summed E-state index contributed by atoms with van der Waals surface area (Å²) in [5.41, 5.74) is 1.00. The number of ether oxygens (including phenoxy) is 1. The minimum atomic E-state index is -0.912. The zero-order valence-corrected chi connectivity index (χ0v) is 10.8. The number of allylic oxidation sites excluding steroid dienone is 1. The summed E-state index contributed by atoms with van der Waals surface area (Å²) in [6, 6.07) is 10.6. The molecule has 5 nitrogen and oxygen atoms in total. The summed E-state index contributed by atoms with van der Waals surface area (Å²) in [6.45, 7) is 1.75. The number of pyridine rings is 1. The van der Waals surface area contributed by atoms with E-state index in [-0.39, 0.29) is 12.2 Å². The number of carbonyl (C=O) groups is 1. The Kier molecular flexibility index (Phi) is 3.96. The first kappa shape index (κ1) is 13.6. The van der Waals surface area contributed by atoms with Crippen molar-refractivity contribution in [3.05, 3.63) is 47.9 Å². The van der Waals surface area contributed by atoms with E-state index >= 15 is 0 Å². The average molecular weight is 268 g/mol. The number of carbonyl (C=O) groups excluding carboxylic acids is 1. The molecule has 0 unspecified atom stereocenters. The van der Waals surface area contributed by atoms with Crippen molar-refractivity contribution in [3.8, 4) is 6.07 Å². The molecule has 5 heteroatoms. The first-order valence-corrected chi connectivity index (χ1v) is 6.03. The number of nitriles is 1. The summed E-state index contributed by atoms with van der Waals surface area (Å²) in [5, 5.41) is 19.8. The number of aliphatic hydroxyl groups excluding tert-OH is 1. The molecule has 0 bridgehead atoms. The fourth-order valence-corrected chi connectivity index (χ4v) is 1.86. The van der Waals surface area contributed by atoms with Crippen LogP contribution in [0.5, 0.6) is 0 Å². The Labute approximate surface area is 115 Å². The van der Waals surface area contributed by atoms with Crippen LogP contribution in [0, 0.1) is 11.3 Å². The first-order valence-electron chi connectivity index (χ1n) is 6.03. The second kappa shape index (κ2) is 5.85. The summed E-state index contributed by atoms with van der Waals surface area (Å²) < 4.78 is 4.71. The van der Waals surface area contributed by atoms with Gasteiger partial charge in [0.25, 0.3) is 0 Å². The highest BCUT2D eigenvalue weighted by atomic mass is 16.5. The number of hydrogen-bond acceptors (Lipinski definition) is 5. The van der Waals surface area contributed by atoms with Crippen molar-refractivity contribution in [3.63, 3.8) is 0 Å². The van der Waals surface area contributed by atoms with Crippen molar-refractivity contribution < 1.29 is 14.6 Å². The number of aliphatic hydroxyl groups is 1. The van der Waals surface area contributed by atoms with Crippen LogP contribution in [0.15, 0.2) is 42.3 Å². The Hall–Kier alpha value is -2.87. The van der Waals surface area contributed by atoms with Crippen LogP contribution < -0.4 is 0 Å². The quantitative estimate of drug-likeness (QED) is 0.400. The standard InChI is InChI=1S/C15H12N2O3/c1-2-20-15(19)14(18)12(9-16)10-7-8-17-13-6-4-3-5-11(10)13/h3-8,18H,2H2,1H3. The van der Waals surface area contributed by atoms with Gasteiger partial charge < -0.3 is 9.84 Å². The number of rotatable bonds is 3. The molecule has 1 aromatic carbocycles. The lowest BCUT2D eigenvalue weighted by Gasteiger charge is -2.07. The van der Waals surface area contributed by atoms with E-state index in [1.165, 1.54) is 6.20 Å². The Morgan fingerprint density at radius 1 is 1.40 bits per heavy atom. The molecule has 0 fully saturated rings. The number of benzene rings is 1. The fraction of sp³-hybridized carbons (Fsp3) is 0.133. The van der Waals surface area contributed by atoms with Gasteiger partial charge in [-0.3, -0.25) is 4.98 Å². The number of esters is 1. The lowest BCUT2D eigenvalue weighted by atomic mass is 10.0. The smallest absolute Gasteiger partial charge is 0.374 e. The molecule has 2 aromatic rings. The van der Waals surface area contributed by atoms with E-state index in [1.807, 2.05) is 12.1 Å². The largest absolute Gasteiger partial charge is 0.501 e. The van der Waals surface area contributed by atoms with Crippen LogP contribution in [0.1, 0.15) is 12.5 Å². The normalized spacial score (nSPS) is 11.6. The average Bonchev–Trinajstić information content (AvgIpc) is 2.48. The second-order valence-corrected chi connectivity index (χ2v) is 3.93. The molecular weight excluding hydrogens is 256 g/mol. The van der Waals surface area contributed by atoms with Crippen molar-refractivity contribution in [2.45, 2.75) is 6.92 Å². The van der Waals surface area contributed by atoms with Crippen molar-refractivity contribution in [2.75, 3.05) is 6.61 Å². The molecule has 0 amide bonds. The molecule has 1 N–H and O–H groups in total. The van der Waals surface area contributed by atoms with Crippen LogP contribution in [0.3, 0.4) is 0 Å². The lowest BCUT2D eigenvalue weighted by Crippen LogP contribution is -2.09. The Morgan fingerprint density at radius 3 is 2.85 bits per heavy atom. The van der Waals surface area contributed by atoms with Crippen LogP contribution in [-0.4, -0.2) is 22.7 Å². The van der Waals surface area contributed by atoms with Crippen LogP contribution in [-0.2, 0) is 9.53 Å². The van der Waals surface area contributed by atoms with E-state index in [0.29, 0.717) is 16.5 Å². The summed E-state index contributed by atoms with van der Waals surface area (Å²) in [6.07, 6.45) is 1.52. The van der Waals surface area contributed by atoms with Crippen molar-refractivity contribution in [1.29, 1.82) is 5.26 Å². The predicted molar refractivity (Wildman–Crippen MR) is 73.5 cm³/mol. The Bertz CT molecular complexity index is 724. The summed E-state index contributed by atoms with van der Waals surface area (Å²) in [4.78, 5) is 15.7. The molecule has 0 atom stereocenters. The van der Waals surface area contributed by atoms with Gasteiger partial charge in [-0.15, -0.1) is 0 Å². The van der Waals surface area contributed by atoms with Crippen LogP contribution in [0.4, 0.5) is 0 Å². The maximum atomic E-state index is 11.6. The molecule has 0 saturated heterocycles. The molecule has 1 heterocycles. The van der Waals surface area contributed by atoms with Gasteiger partial charge in [-0.05, 0) is 19.1 Å². The molecule has 20 heavy (non-hydrogen) atoms. The summed E-state index contributed by atoms with van der Waals surface area (Å²) in [7, 11) is 0. The fourth-order valence-electron chi connectivity index (χ4n) is 1.86. The van der Waals surface area contributed by atoms with Crippen molar-refractivity contribution >= 4 is 22.4 Å². The number of aromatic nitrogens is 1. The minimum Gasteiger partial charge on any atom is -0.501 e. The molecular formula is C15H12N2O3. The number of para-hydroxylation sites is 1. The van der Waals surface area contributed by atoms with Gasteiger partial charge in [-0.25, -0.2) is 4.79 Å². The highest BCUT2D eigenvalue weighted by molar-refractivity contribution is 6.04. The molecule has 100 valence electrons. The number of hydrogen-bond donors (Lipinski definition) is 1. The molecule has 0 radical (unpaired) electrons. The van der Waals surface area contributed by atoms with E-state index in [9.17, 15) is 15.2 Å². The molecule has 2 rings (SSSR count). The molecule has 0 aliphatic heterocycles. The van der Waals surface area contributed by atoms with Crippen LogP contribution >= 0.6 is 0 Å². The monoisotopic (exact) mass is 268 g/mol. The van der Waals surface area contributed by atoms with Gasteiger partial charge in [0.1, 0.15) is 11.6 Å². The lowest BCUT2D eigenvalue weighted by molar-refractivity contribution is -0.141. The number of fused-ring (bicyclic) bond motifs is 1. The third kappa shape index (κ3) is 2.45. The summed E-state index contributed by atoms with van der Waals surface area (Å²) in [5.74, 6) is -1.60.